The summed E-state index contributed by atoms with van der Waals surface area (Å²) in [5.41, 5.74) is 11.3. The molecule has 2 atom stereocenters. The van der Waals surface area contributed by atoms with Gasteiger partial charge in [0.2, 0.25) is 0 Å². The third-order valence-corrected chi connectivity index (χ3v) is 9.33. The molecule has 1 aliphatic rings. The van der Waals surface area contributed by atoms with E-state index in [9.17, 15) is 14.7 Å². The molecule has 0 fully saturated rings. The molecule has 3 nitrogen and oxygen atoms in total. The first-order valence-electron chi connectivity index (χ1n) is 18.0. The zero-order valence-corrected chi connectivity index (χ0v) is 29.8. The predicted molar refractivity (Wildman–Crippen MR) is 198 cm³/mol. The van der Waals surface area contributed by atoms with Gasteiger partial charge in [-0.05, 0) is 147 Å². The van der Waals surface area contributed by atoms with Crippen LogP contribution in [0, 0.1) is 5.92 Å². The predicted octanol–water partition coefficient (Wildman–Crippen LogP) is 11.0. The number of aliphatic hydroxyl groups is 1. The summed E-state index contributed by atoms with van der Waals surface area (Å²) in [6.45, 7) is 17.7. The fourth-order valence-corrected chi connectivity index (χ4v) is 6.43. The van der Waals surface area contributed by atoms with E-state index in [1.54, 1.807) is 6.92 Å². The van der Waals surface area contributed by atoms with Crippen molar-refractivity contribution in [2.24, 2.45) is 5.92 Å². The number of rotatable bonds is 19. The molecule has 0 bridgehead atoms. The highest BCUT2D eigenvalue weighted by Crippen LogP contribution is 2.36. The highest BCUT2D eigenvalue weighted by Gasteiger charge is 2.19. The van der Waals surface area contributed by atoms with Crippen LogP contribution in [0.25, 0.3) is 11.1 Å². The van der Waals surface area contributed by atoms with E-state index in [-0.39, 0.29) is 12.4 Å². The Balaban J connectivity index is 0.00000136. The van der Waals surface area contributed by atoms with Gasteiger partial charge in [0.05, 0.1) is 0 Å². The third kappa shape index (κ3) is 13.0. The summed E-state index contributed by atoms with van der Waals surface area (Å²) in [6.07, 6.45) is 21.6. The number of carbonyl (C=O) groups excluding carboxylic acids is 2. The Morgan fingerprint density at radius 3 is 2.02 bits per heavy atom. The van der Waals surface area contributed by atoms with Gasteiger partial charge in [0.1, 0.15) is 6.29 Å². The summed E-state index contributed by atoms with van der Waals surface area (Å²) in [6, 6.07) is 12.2. The van der Waals surface area contributed by atoms with E-state index in [2.05, 4.69) is 76.4 Å². The zero-order chi connectivity index (χ0) is 33.9. The lowest BCUT2D eigenvalue weighted by atomic mass is 9.81. The highest BCUT2D eigenvalue weighted by atomic mass is 16.3. The van der Waals surface area contributed by atoms with Gasteiger partial charge in [-0.3, -0.25) is 9.59 Å². The standard InChI is InChI=1S/C39H56O2.C4H6O/c1-6-9-10-15-34-27-36(28-35(37(34)17-13-14-25-40)16-11-12-18-39(41)29(4)5)38-24-23-33(26-31(38)8-3)32-21-19-30(7-2)20-22-32;1-4(2)3-5/h19,21,23-24,26-28,30,32,40H,4,6-18,20,22,25H2,1-3,5H3;3H,1H2,2H3. The summed E-state index contributed by atoms with van der Waals surface area (Å²) >= 11 is 0. The number of carbonyl (C=O) groups is 2. The molecule has 0 radical (unpaired) electrons. The van der Waals surface area contributed by atoms with Crippen molar-refractivity contribution in [3.63, 3.8) is 0 Å². The highest BCUT2D eigenvalue weighted by molar-refractivity contribution is 5.94. The van der Waals surface area contributed by atoms with Gasteiger partial charge in [-0.2, -0.15) is 0 Å². The van der Waals surface area contributed by atoms with Crippen LogP contribution in [0.2, 0.25) is 0 Å². The zero-order valence-electron chi connectivity index (χ0n) is 29.8. The van der Waals surface area contributed by atoms with Crippen molar-refractivity contribution < 1.29 is 14.7 Å². The SMILES string of the molecule is C=C(C)C(=O)CCCCc1cc(-c2ccc(C3C=CC(CC)CC3)cc2CC)cc(CCCCC)c1CCCCO.C=C(C)C=O. The first-order chi connectivity index (χ1) is 22.2. The third-order valence-electron chi connectivity index (χ3n) is 9.33. The van der Waals surface area contributed by atoms with Crippen LogP contribution in [0.1, 0.15) is 139 Å². The van der Waals surface area contributed by atoms with E-state index in [4.69, 9.17) is 0 Å². The van der Waals surface area contributed by atoms with E-state index in [1.807, 2.05) is 6.92 Å². The minimum absolute atomic E-state index is 0.188. The number of aliphatic hydroxyl groups excluding tert-OH is 1. The smallest absolute Gasteiger partial charge is 0.157 e. The molecule has 252 valence electrons. The number of benzene rings is 2. The van der Waals surface area contributed by atoms with Crippen molar-refractivity contribution in [1.82, 2.24) is 0 Å². The maximum atomic E-state index is 12.2. The van der Waals surface area contributed by atoms with Crippen molar-refractivity contribution in [2.45, 2.75) is 137 Å². The first kappa shape index (κ1) is 39.1. The van der Waals surface area contributed by atoms with Gasteiger partial charge < -0.3 is 5.11 Å². The summed E-state index contributed by atoms with van der Waals surface area (Å²) in [4.78, 5) is 21.6. The fraction of sp³-hybridized carbons (Fsp3) is 0.535. The normalized spacial score (nSPS) is 15.6. The van der Waals surface area contributed by atoms with Gasteiger partial charge in [-0.15, -0.1) is 0 Å². The summed E-state index contributed by atoms with van der Waals surface area (Å²) in [5.74, 6) is 1.47. The molecule has 2 unspecified atom stereocenters. The maximum absolute atomic E-state index is 12.2. The van der Waals surface area contributed by atoms with E-state index in [0.29, 0.717) is 23.5 Å². The second-order valence-corrected chi connectivity index (χ2v) is 13.3. The van der Waals surface area contributed by atoms with E-state index in [1.165, 1.54) is 77.5 Å². The molecule has 0 aromatic heterocycles. The van der Waals surface area contributed by atoms with Crippen LogP contribution in [0.4, 0.5) is 0 Å². The summed E-state index contributed by atoms with van der Waals surface area (Å²) in [7, 11) is 0. The largest absolute Gasteiger partial charge is 0.396 e. The fourth-order valence-electron chi connectivity index (χ4n) is 6.43. The molecule has 0 spiro atoms. The Labute approximate surface area is 281 Å². The molecule has 1 aliphatic carbocycles. The van der Waals surface area contributed by atoms with E-state index in [0.717, 1.165) is 63.6 Å². The molecule has 0 amide bonds. The van der Waals surface area contributed by atoms with Crippen LogP contribution in [-0.4, -0.2) is 23.8 Å². The number of hydrogen-bond donors (Lipinski definition) is 1. The molecule has 0 aliphatic heterocycles. The molecule has 2 aromatic carbocycles. The topological polar surface area (TPSA) is 54.4 Å². The minimum Gasteiger partial charge on any atom is -0.396 e. The van der Waals surface area contributed by atoms with Gasteiger partial charge in [-0.1, -0.05) is 89.3 Å². The summed E-state index contributed by atoms with van der Waals surface area (Å²) in [5, 5.41) is 9.48. The van der Waals surface area contributed by atoms with Crippen LogP contribution in [0.5, 0.6) is 0 Å². The van der Waals surface area contributed by atoms with Crippen molar-refractivity contribution in [1.29, 1.82) is 0 Å². The van der Waals surface area contributed by atoms with Crippen LogP contribution in [0.15, 0.2) is 66.8 Å². The molecule has 3 heteroatoms. The van der Waals surface area contributed by atoms with Gasteiger partial charge in [0, 0.05) is 18.9 Å². The number of unbranched alkanes of at least 4 members (excludes halogenated alkanes) is 4. The maximum Gasteiger partial charge on any atom is 0.157 e. The van der Waals surface area contributed by atoms with Gasteiger partial charge in [0.25, 0.3) is 0 Å². The van der Waals surface area contributed by atoms with Crippen molar-refractivity contribution >= 4 is 12.1 Å². The van der Waals surface area contributed by atoms with E-state index < -0.39 is 0 Å². The Kier molecular flexibility index (Phi) is 18.5. The van der Waals surface area contributed by atoms with Crippen LogP contribution in [0.3, 0.4) is 0 Å². The number of allylic oxidation sites excluding steroid dienone is 4. The molecular formula is C43H62O3. The Morgan fingerprint density at radius 2 is 1.50 bits per heavy atom. The number of Topliss-reactive ketones (excluding diaryl/α,β-unsaturated/α-hetero) is 1. The Bertz CT molecular complexity index is 1300. The second-order valence-electron chi connectivity index (χ2n) is 13.3. The quantitative estimate of drug-likeness (QED) is 0.0730. The average Bonchev–Trinajstić information content (AvgIpc) is 3.07. The first-order valence-corrected chi connectivity index (χ1v) is 18.0. The summed E-state index contributed by atoms with van der Waals surface area (Å²) < 4.78 is 0. The average molecular weight is 627 g/mol. The lowest BCUT2D eigenvalue weighted by Crippen LogP contribution is -2.07. The number of ketones is 1. The lowest BCUT2D eigenvalue weighted by Gasteiger charge is -2.24. The monoisotopic (exact) mass is 626 g/mol. The Hall–Kier alpha value is -3.04. The number of aldehydes is 1. The number of aryl methyl sites for hydroxylation is 3. The van der Waals surface area contributed by atoms with Crippen molar-refractivity contribution in [3.05, 3.63) is 94.6 Å². The van der Waals surface area contributed by atoms with E-state index >= 15 is 0 Å². The lowest BCUT2D eigenvalue weighted by molar-refractivity contribution is -0.115. The van der Waals surface area contributed by atoms with Gasteiger partial charge >= 0.3 is 0 Å². The van der Waals surface area contributed by atoms with Gasteiger partial charge in [-0.25, -0.2) is 0 Å². The second kappa shape index (κ2) is 21.7. The molecule has 2 aromatic rings. The van der Waals surface area contributed by atoms with Crippen molar-refractivity contribution in [2.75, 3.05) is 6.61 Å². The van der Waals surface area contributed by atoms with Crippen LogP contribution >= 0.6 is 0 Å². The van der Waals surface area contributed by atoms with Crippen molar-refractivity contribution in [3.8, 4) is 11.1 Å². The molecule has 0 saturated heterocycles. The molecule has 46 heavy (non-hydrogen) atoms. The molecule has 0 heterocycles. The van der Waals surface area contributed by atoms with Crippen LogP contribution < -0.4 is 0 Å². The molecule has 3 rings (SSSR count). The van der Waals surface area contributed by atoms with Crippen LogP contribution in [-0.2, 0) is 35.3 Å². The molecular weight excluding hydrogens is 564 g/mol. The minimum atomic E-state index is 0.188. The van der Waals surface area contributed by atoms with Gasteiger partial charge in [0.15, 0.2) is 5.78 Å². The number of hydrogen-bond acceptors (Lipinski definition) is 3. The molecule has 1 N–H and O–H groups in total. The Morgan fingerprint density at radius 1 is 0.848 bits per heavy atom. The molecule has 0 saturated carbocycles.